The van der Waals surface area contributed by atoms with Crippen LogP contribution in [-0.4, -0.2) is 25.9 Å². The van der Waals surface area contributed by atoms with Crippen molar-refractivity contribution < 1.29 is 13.5 Å². The molecule has 0 aromatic heterocycles. The topological polar surface area (TPSA) is 66.4 Å². The lowest BCUT2D eigenvalue weighted by atomic mass is 10.2. The van der Waals surface area contributed by atoms with Crippen LogP contribution in [0.1, 0.15) is 19.4 Å². The zero-order chi connectivity index (χ0) is 14.5. The molecule has 0 saturated carbocycles. The summed E-state index contributed by atoms with van der Waals surface area (Å²) in [5.74, 6) is 5.20. The van der Waals surface area contributed by atoms with Crippen LogP contribution in [0.5, 0.6) is 0 Å². The average Bonchev–Trinajstić information content (AvgIpc) is 2.25. The Labute approximate surface area is 118 Å². The molecule has 0 spiro atoms. The van der Waals surface area contributed by atoms with E-state index in [2.05, 4.69) is 16.6 Å². The van der Waals surface area contributed by atoms with Crippen LogP contribution in [0.3, 0.4) is 0 Å². The number of halogens is 1. The molecule has 0 heterocycles. The third kappa shape index (κ3) is 5.52. The normalized spacial score (nSPS) is 11.0. The molecule has 1 rings (SSSR count). The molecule has 0 aliphatic carbocycles. The number of aliphatic hydroxyl groups excluding tert-OH is 1. The van der Waals surface area contributed by atoms with Gasteiger partial charge in [0.2, 0.25) is 10.0 Å². The van der Waals surface area contributed by atoms with Crippen molar-refractivity contribution in [2.24, 2.45) is 5.92 Å². The Morgan fingerprint density at radius 1 is 1.42 bits per heavy atom. The quantitative estimate of drug-likeness (QED) is 0.837. The van der Waals surface area contributed by atoms with Crippen LogP contribution in [0.2, 0.25) is 5.02 Å². The van der Waals surface area contributed by atoms with Crippen molar-refractivity contribution in [1.29, 1.82) is 0 Å². The van der Waals surface area contributed by atoms with E-state index < -0.39 is 10.0 Å². The van der Waals surface area contributed by atoms with Gasteiger partial charge in [-0.3, -0.25) is 4.72 Å². The molecule has 0 saturated heterocycles. The van der Waals surface area contributed by atoms with Crippen molar-refractivity contribution in [3.05, 3.63) is 28.8 Å². The van der Waals surface area contributed by atoms with Gasteiger partial charge < -0.3 is 5.11 Å². The maximum atomic E-state index is 11.9. The summed E-state index contributed by atoms with van der Waals surface area (Å²) in [6, 6.07) is 4.72. The van der Waals surface area contributed by atoms with Crippen LogP contribution in [0.25, 0.3) is 0 Å². The molecule has 0 amide bonds. The van der Waals surface area contributed by atoms with Crippen molar-refractivity contribution in [1.82, 2.24) is 0 Å². The van der Waals surface area contributed by atoms with Gasteiger partial charge in [-0.25, -0.2) is 8.42 Å². The molecule has 0 atom stereocenters. The highest BCUT2D eigenvalue weighted by atomic mass is 35.5. The van der Waals surface area contributed by atoms with E-state index in [4.69, 9.17) is 16.7 Å². The van der Waals surface area contributed by atoms with Gasteiger partial charge in [-0.1, -0.05) is 37.3 Å². The summed E-state index contributed by atoms with van der Waals surface area (Å²) < 4.78 is 26.3. The number of sulfonamides is 1. The van der Waals surface area contributed by atoms with Crippen molar-refractivity contribution in [2.75, 3.05) is 17.1 Å². The van der Waals surface area contributed by atoms with Crippen molar-refractivity contribution in [3.63, 3.8) is 0 Å². The molecular formula is C13H16ClNO3S. The molecule has 19 heavy (non-hydrogen) atoms. The largest absolute Gasteiger partial charge is 0.384 e. The van der Waals surface area contributed by atoms with Gasteiger partial charge in [-0.2, -0.15) is 0 Å². The zero-order valence-corrected chi connectivity index (χ0v) is 12.3. The monoisotopic (exact) mass is 301 g/mol. The highest BCUT2D eigenvalue weighted by Gasteiger charge is 2.14. The molecule has 0 unspecified atom stereocenters. The van der Waals surface area contributed by atoms with Crippen molar-refractivity contribution >= 4 is 27.3 Å². The summed E-state index contributed by atoms with van der Waals surface area (Å²) >= 11 is 5.85. The van der Waals surface area contributed by atoms with E-state index in [9.17, 15) is 8.42 Å². The Morgan fingerprint density at radius 3 is 2.68 bits per heavy atom. The van der Waals surface area contributed by atoms with Gasteiger partial charge in [-0.15, -0.1) is 0 Å². The Morgan fingerprint density at radius 2 is 2.11 bits per heavy atom. The Balaban J connectivity index is 3.09. The zero-order valence-electron chi connectivity index (χ0n) is 10.8. The summed E-state index contributed by atoms with van der Waals surface area (Å²) in [6.07, 6.45) is 0. The minimum absolute atomic E-state index is 0.0173. The van der Waals surface area contributed by atoms with Crippen LogP contribution >= 0.6 is 11.6 Å². The lowest BCUT2D eigenvalue weighted by molar-refractivity contribution is 0.350. The van der Waals surface area contributed by atoms with Crippen molar-refractivity contribution in [3.8, 4) is 11.8 Å². The lowest BCUT2D eigenvalue weighted by Gasteiger charge is -2.11. The lowest BCUT2D eigenvalue weighted by Crippen LogP contribution is -2.20. The molecular weight excluding hydrogens is 286 g/mol. The van der Waals surface area contributed by atoms with Gasteiger partial charge in [0.1, 0.15) is 6.61 Å². The molecule has 1 aromatic carbocycles. The number of aliphatic hydroxyl groups is 1. The second kappa shape index (κ2) is 6.80. The van der Waals surface area contributed by atoms with Crippen LogP contribution in [0.15, 0.2) is 18.2 Å². The minimum atomic E-state index is -3.44. The SMILES string of the molecule is CC(C)CS(=O)(=O)Nc1cc(Cl)ccc1C#CCO. The highest BCUT2D eigenvalue weighted by Crippen LogP contribution is 2.22. The molecule has 0 aliphatic rings. The third-order valence-corrected chi connectivity index (χ3v) is 3.97. The second-order valence-corrected chi connectivity index (χ2v) is 6.63. The van der Waals surface area contributed by atoms with Gasteiger partial charge in [0.05, 0.1) is 11.4 Å². The average molecular weight is 302 g/mol. The number of benzene rings is 1. The maximum absolute atomic E-state index is 11.9. The number of hydrogen-bond acceptors (Lipinski definition) is 3. The number of hydrogen-bond donors (Lipinski definition) is 2. The van der Waals surface area contributed by atoms with E-state index in [1.165, 1.54) is 6.07 Å². The van der Waals surface area contributed by atoms with Gasteiger partial charge >= 0.3 is 0 Å². The number of nitrogens with one attached hydrogen (secondary N) is 1. The molecule has 0 fully saturated rings. The first-order valence-electron chi connectivity index (χ1n) is 5.74. The smallest absolute Gasteiger partial charge is 0.233 e. The summed E-state index contributed by atoms with van der Waals surface area (Å²) in [7, 11) is -3.44. The van der Waals surface area contributed by atoms with E-state index in [-0.39, 0.29) is 18.3 Å². The second-order valence-electron chi connectivity index (χ2n) is 4.43. The van der Waals surface area contributed by atoms with Crippen LogP contribution in [0.4, 0.5) is 5.69 Å². The third-order valence-electron chi connectivity index (χ3n) is 2.10. The summed E-state index contributed by atoms with van der Waals surface area (Å²) in [4.78, 5) is 0. The highest BCUT2D eigenvalue weighted by molar-refractivity contribution is 7.92. The molecule has 104 valence electrons. The number of anilines is 1. The van der Waals surface area contributed by atoms with Gasteiger partial charge in [0.25, 0.3) is 0 Å². The Hall–Kier alpha value is -1.22. The predicted octanol–water partition coefficient (Wildman–Crippen LogP) is 2.08. The van der Waals surface area contributed by atoms with Gasteiger partial charge in [-0.05, 0) is 24.1 Å². The van der Waals surface area contributed by atoms with Gasteiger partial charge in [0, 0.05) is 10.6 Å². The summed E-state index contributed by atoms with van der Waals surface area (Å²) in [5, 5.41) is 9.10. The maximum Gasteiger partial charge on any atom is 0.233 e. The molecule has 6 heteroatoms. The fourth-order valence-electron chi connectivity index (χ4n) is 1.49. The van der Waals surface area contributed by atoms with Crippen LogP contribution in [-0.2, 0) is 10.0 Å². The molecule has 0 bridgehead atoms. The Kier molecular flexibility index (Phi) is 5.67. The molecule has 2 N–H and O–H groups in total. The predicted molar refractivity (Wildman–Crippen MR) is 77.7 cm³/mol. The number of rotatable bonds is 4. The standard InChI is InChI=1S/C13H16ClNO3S/c1-10(2)9-19(17,18)15-13-8-12(14)6-5-11(13)4-3-7-16/h5-6,8,10,15-16H,7,9H2,1-2H3. The first kappa shape index (κ1) is 15.8. The van der Waals surface area contributed by atoms with E-state index in [1.807, 2.05) is 13.8 Å². The van der Waals surface area contributed by atoms with E-state index in [0.717, 1.165) is 0 Å². The molecule has 0 radical (unpaired) electrons. The minimum Gasteiger partial charge on any atom is -0.384 e. The summed E-state index contributed by atoms with van der Waals surface area (Å²) in [6.45, 7) is 3.36. The van der Waals surface area contributed by atoms with Crippen LogP contribution in [0, 0.1) is 17.8 Å². The molecule has 0 aliphatic heterocycles. The van der Waals surface area contributed by atoms with E-state index in [0.29, 0.717) is 16.3 Å². The van der Waals surface area contributed by atoms with Crippen molar-refractivity contribution in [2.45, 2.75) is 13.8 Å². The van der Waals surface area contributed by atoms with E-state index >= 15 is 0 Å². The van der Waals surface area contributed by atoms with E-state index in [1.54, 1.807) is 12.1 Å². The fourth-order valence-corrected chi connectivity index (χ4v) is 3.13. The van der Waals surface area contributed by atoms with Crippen LogP contribution < -0.4 is 4.72 Å². The molecule has 4 nitrogen and oxygen atoms in total. The first-order valence-corrected chi connectivity index (χ1v) is 7.77. The van der Waals surface area contributed by atoms with Gasteiger partial charge in [0.15, 0.2) is 0 Å². The molecule has 1 aromatic rings. The first-order chi connectivity index (χ1) is 8.84. The fraction of sp³-hybridized carbons (Fsp3) is 0.385. The summed E-state index contributed by atoms with van der Waals surface area (Å²) in [5.41, 5.74) is 0.805. The Bertz CT molecular complexity index is 600.